The van der Waals surface area contributed by atoms with Crippen molar-refractivity contribution in [3.8, 4) is 16.8 Å². The number of ether oxygens (including phenoxy) is 1. The van der Waals surface area contributed by atoms with Gasteiger partial charge in [-0.2, -0.15) is 18.2 Å². The zero-order valence-corrected chi connectivity index (χ0v) is 21.9. The number of nitrogens with two attached hydrogens (primary N) is 1. The average Bonchev–Trinajstić information content (AvgIpc) is 3.48. The fourth-order valence-corrected chi connectivity index (χ4v) is 3.95. The van der Waals surface area contributed by atoms with E-state index in [2.05, 4.69) is 30.3 Å². The van der Waals surface area contributed by atoms with Crippen molar-refractivity contribution in [2.45, 2.75) is 6.18 Å². The van der Waals surface area contributed by atoms with Gasteiger partial charge in [0.05, 0.1) is 24.4 Å². The van der Waals surface area contributed by atoms with E-state index in [1.165, 1.54) is 0 Å². The van der Waals surface area contributed by atoms with E-state index < -0.39 is 12.1 Å². The minimum Gasteiger partial charge on any atom is -0.475 e. The largest absolute Gasteiger partial charge is 0.490 e. The van der Waals surface area contributed by atoms with E-state index in [1.807, 2.05) is 54.7 Å². The molecule has 0 amide bonds. The lowest BCUT2D eigenvalue weighted by atomic mass is 10.1. The number of halogens is 3. The van der Waals surface area contributed by atoms with E-state index in [1.54, 1.807) is 23.3 Å². The minimum absolute atomic E-state index is 0.496. The SMILES string of the molecule is Nc1ccc(-c2ccc3cnc(Nc4ccc(-n5cnc(N6CCOCC6)n5)cc4)nc3c2)cn1.O=C(O)C(F)(F)F. The van der Waals surface area contributed by atoms with E-state index in [0.717, 1.165) is 46.5 Å². The highest BCUT2D eigenvalue weighted by molar-refractivity contribution is 5.84. The summed E-state index contributed by atoms with van der Waals surface area (Å²) in [5, 5.41) is 16.0. The number of nitrogens with zero attached hydrogens (tertiary/aromatic N) is 7. The van der Waals surface area contributed by atoms with Crippen molar-refractivity contribution in [3.05, 3.63) is 73.3 Å². The van der Waals surface area contributed by atoms with Gasteiger partial charge in [0, 0.05) is 42.1 Å². The number of hydrogen-bond donors (Lipinski definition) is 3. The van der Waals surface area contributed by atoms with Crippen LogP contribution in [0.2, 0.25) is 0 Å². The number of nitrogens with one attached hydrogen (secondary N) is 1. The Hall–Kier alpha value is -5.31. The van der Waals surface area contributed by atoms with Crippen LogP contribution < -0.4 is 16.0 Å². The highest BCUT2D eigenvalue weighted by Gasteiger charge is 2.38. The lowest BCUT2D eigenvalue weighted by Gasteiger charge is -2.25. The van der Waals surface area contributed by atoms with Gasteiger partial charge in [-0.25, -0.2) is 24.4 Å². The van der Waals surface area contributed by atoms with Gasteiger partial charge in [-0.1, -0.05) is 12.1 Å². The molecule has 0 atom stereocenters. The summed E-state index contributed by atoms with van der Waals surface area (Å²) in [5.74, 6) is -1.02. The smallest absolute Gasteiger partial charge is 0.475 e. The first-order chi connectivity index (χ1) is 20.2. The fourth-order valence-electron chi connectivity index (χ4n) is 3.95. The van der Waals surface area contributed by atoms with Crippen LogP contribution >= 0.6 is 0 Å². The Labute approximate surface area is 236 Å². The van der Waals surface area contributed by atoms with Crippen molar-refractivity contribution in [2.75, 3.05) is 42.3 Å². The summed E-state index contributed by atoms with van der Waals surface area (Å²) < 4.78 is 38.9. The summed E-state index contributed by atoms with van der Waals surface area (Å²) in [6, 6.07) is 17.7. The molecule has 1 aliphatic rings. The van der Waals surface area contributed by atoms with Crippen molar-refractivity contribution in [3.63, 3.8) is 0 Å². The summed E-state index contributed by atoms with van der Waals surface area (Å²) in [4.78, 5) is 28.8. The Morgan fingerprint density at radius 2 is 1.67 bits per heavy atom. The predicted molar refractivity (Wildman–Crippen MR) is 149 cm³/mol. The number of aliphatic carboxylic acids is 1. The first-order valence-electron chi connectivity index (χ1n) is 12.6. The molecule has 4 N–H and O–H groups in total. The highest BCUT2D eigenvalue weighted by Crippen LogP contribution is 2.25. The number of morpholine rings is 1. The van der Waals surface area contributed by atoms with Gasteiger partial charge in [0.25, 0.3) is 0 Å². The standard InChI is InChI=1S/C25H23N9O.C2HF3O2/c26-23-8-3-18(14-27-23)17-1-2-19-15-28-24(31-22(19)13-17)30-20-4-6-21(7-5-20)34-16-29-25(32-34)33-9-11-35-12-10-33;3-2(4,5)1(6)7/h1-8,13-16H,9-12H2,(H2,26,27)(H,28,30,31);(H,6,7). The number of anilines is 4. The van der Waals surface area contributed by atoms with Gasteiger partial charge in [-0.3, -0.25) is 0 Å². The van der Waals surface area contributed by atoms with Gasteiger partial charge in [-0.15, -0.1) is 5.10 Å². The second-order valence-electron chi connectivity index (χ2n) is 9.00. The quantitative estimate of drug-likeness (QED) is 0.276. The topological polar surface area (TPSA) is 157 Å². The molecule has 0 aliphatic carbocycles. The third-order valence-corrected chi connectivity index (χ3v) is 6.11. The second-order valence-corrected chi connectivity index (χ2v) is 9.00. The lowest BCUT2D eigenvalue weighted by Crippen LogP contribution is -2.37. The van der Waals surface area contributed by atoms with Crippen LogP contribution in [0.3, 0.4) is 0 Å². The van der Waals surface area contributed by atoms with Crippen LogP contribution in [0.25, 0.3) is 27.7 Å². The molecule has 0 radical (unpaired) electrons. The van der Waals surface area contributed by atoms with Crippen LogP contribution in [0.1, 0.15) is 0 Å². The number of hydrogen-bond acceptors (Lipinski definition) is 10. The van der Waals surface area contributed by atoms with Crippen LogP contribution in [0.5, 0.6) is 0 Å². The molecule has 3 aromatic heterocycles. The minimum atomic E-state index is -5.08. The van der Waals surface area contributed by atoms with Crippen molar-refractivity contribution in [1.29, 1.82) is 0 Å². The molecule has 0 spiro atoms. The molecule has 12 nitrogen and oxygen atoms in total. The Bertz CT molecular complexity index is 1670. The molecule has 2 aromatic carbocycles. The van der Waals surface area contributed by atoms with Gasteiger partial charge < -0.3 is 25.8 Å². The number of nitrogen functional groups attached to an aromatic ring is 1. The molecule has 1 aliphatic heterocycles. The average molecular weight is 580 g/mol. The van der Waals surface area contributed by atoms with Crippen molar-refractivity contribution in [2.24, 2.45) is 0 Å². The Morgan fingerprint density at radius 3 is 2.33 bits per heavy atom. The fraction of sp³-hybridized carbons (Fsp3) is 0.185. The van der Waals surface area contributed by atoms with Crippen LogP contribution in [-0.4, -0.2) is 73.3 Å². The Kier molecular flexibility index (Phi) is 8.10. The number of benzene rings is 2. The maximum absolute atomic E-state index is 10.6. The summed E-state index contributed by atoms with van der Waals surface area (Å²) in [7, 11) is 0. The van der Waals surface area contributed by atoms with Crippen molar-refractivity contribution < 1.29 is 27.8 Å². The molecule has 1 saturated heterocycles. The van der Waals surface area contributed by atoms with Gasteiger partial charge in [0.2, 0.25) is 11.9 Å². The van der Waals surface area contributed by atoms with Crippen molar-refractivity contribution in [1.82, 2.24) is 29.7 Å². The Morgan fingerprint density at radius 1 is 0.952 bits per heavy atom. The Balaban J connectivity index is 0.000000451. The van der Waals surface area contributed by atoms with Crippen LogP contribution in [0.4, 0.5) is 36.6 Å². The summed E-state index contributed by atoms with van der Waals surface area (Å²) in [6.45, 7) is 3.01. The zero-order chi connectivity index (χ0) is 29.7. The number of aromatic nitrogens is 6. The molecule has 5 aromatic rings. The van der Waals surface area contributed by atoms with E-state index in [0.29, 0.717) is 30.9 Å². The summed E-state index contributed by atoms with van der Waals surface area (Å²) >= 11 is 0. The van der Waals surface area contributed by atoms with Gasteiger partial charge in [0.1, 0.15) is 12.1 Å². The number of pyridine rings is 1. The molecule has 0 saturated carbocycles. The normalized spacial score (nSPS) is 13.4. The molecule has 15 heteroatoms. The molecule has 0 unspecified atom stereocenters. The number of carboxylic acid groups (broad SMARTS) is 1. The molecule has 0 bridgehead atoms. The number of carbonyl (C=O) groups is 1. The van der Waals surface area contributed by atoms with E-state index in [9.17, 15) is 13.2 Å². The first-order valence-corrected chi connectivity index (χ1v) is 12.6. The van der Waals surface area contributed by atoms with E-state index >= 15 is 0 Å². The molecule has 4 heterocycles. The van der Waals surface area contributed by atoms with Gasteiger partial charge >= 0.3 is 12.1 Å². The van der Waals surface area contributed by atoms with Crippen LogP contribution in [0.15, 0.2) is 73.3 Å². The molecular formula is C27H24F3N9O3. The number of rotatable bonds is 5. The third-order valence-electron chi connectivity index (χ3n) is 6.11. The number of carboxylic acids is 1. The first kappa shape index (κ1) is 28.2. The number of alkyl halides is 3. The van der Waals surface area contributed by atoms with Gasteiger partial charge in [-0.05, 0) is 48.0 Å². The molecule has 42 heavy (non-hydrogen) atoms. The predicted octanol–water partition coefficient (Wildman–Crippen LogP) is 4.07. The molecule has 6 rings (SSSR count). The lowest BCUT2D eigenvalue weighted by molar-refractivity contribution is -0.192. The van der Waals surface area contributed by atoms with E-state index in [4.69, 9.17) is 25.4 Å². The number of fused-ring (bicyclic) bond motifs is 1. The zero-order valence-electron chi connectivity index (χ0n) is 21.9. The maximum Gasteiger partial charge on any atom is 0.490 e. The van der Waals surface area contributed by atoms with E-state index in [-0.39, 0.29) is 0 Å². The summed E-state index contributed by atoms with van der Waals surface area (Å²) in [6.07, 6.45) is 0.220. The monoisotopic (exact) mass is 579 g/mol. The molecular weight excluding hydrogens is 555 g/mol. The maximum atomic E-state index is 10.6. The van der Waals surface area contributed by atoms with Crippen molar-refractivity contribution >= 4 is 40.3 Å². The summed E-state index contributed by atoms with van der Waals surface area (Å²) in [5.41, 5.74) is 10.3. The van der Waals surface area contributed by atoms with Gasteiger partial charge in [0.15, 0.2) is 0 Å². The second kappa shape index (κ2) is 12.1. The highest BCUT2D eigenvalue weighted by atomic mass is 19.4. The van der Waals surface area contributed by atoms with Crippen LogP contribution in [0, 0.1) is 0 Å². The van der Waals surface area contributed by atoms with Crippen LogP contribution in [-0.2, 0) is 9.53 Å². The molecule has 216 valence electrons. The molecule has 1 fully saturated rings. The third kappa shape index (κ3) is 6.87.